The molecule has 3 rings (SSSR count). The van der Waals surface area contributed by atoms with Gasteiger partial charge < -0.3 is 20.3 Å². The minimum Gasteiger partial charge on any atom is -0.479 e. The average Bonchev–Trinajstić information content (AvgIpc) is 2.57. The number of nitrogens with one attached hydrogen (secondary N) is 2. The Morgan fingerprint density at radius 1 is 1.29 bits per heavy atom. The Labute approximate surface area is 142 Å². The van der Waals surface area contributed by atoms with E-state index in [1.54, 1.807) is 30.0 Å². The summed E-state index contributed by atoms with van der Waals surface area (Å²) in [6.45, 7) is 4.24. The number of carbonyl (C=O) groups excluding carboxylic acids is 2. The van der Waals surface area contributed by atoms with Crippen LogP contribution in [0, 0.1) is 0 Å². The van der Waals surface area contributed by atoms with Gasteiger partial charge in [0, 0.05) is 18.3 Å². The number of benzene rings is 1. The van der Waals surface area contributed by atoms with Crippen LogP contribution in [0.15, 0.2) is 18.2 Å². The zero-order chi connectivity index (χ0) is 17.1. The van der Waals surface area contributed by atoms with E-state index in [0.29, 0.717) is 23.7 Å². The predicted octanol–water partition coefficient (Wildman–Crippen LogP) is 3.27. The molecule has 6 nitrogen and oxygen atoms in total. The molecule has 1 aromatic rings. The Morgan fingerprint density at radius 3 is 2.75 bits per heavy atom. The summed E-state index contributed by atoms with van der Waals surface area (Å²) in [7, 11) is 0. The van der Waals surface area contributed by atoms with Crippen LogP contribution in [0.4, 0.5) is 16.2 Å². The predicted molar refractivity (Wildman–Crippen MR) is 93.6 cm³/mol. The maximum atomic E-state index is 12.2. The fourth-order valence-electron chi connectivity index (χ4n) is 3.41. The van der Waals surface area contributed by atoms with E-state index in [4.69, 9.17) is 4.74 Å². The lowest BCUT2D eigenvalue weighted by Gasteiger charge is -2.32. The number of hydrogen-bond donors (Lipinski definition) is 2. The number of urea groups is 1. The van der Waals surface area contributed by atoms with Gasteiger partial charge in [-0.1, -0.05) is 19.3 Å². The van der Waals surface area contributed by atoms with Gasteiger partial charge in [-0.15, -0.1) is 0 Å². The topological polar surface area (TPSA) is 70.7 Å². The molecule has 2 N–H and O–H groups in total. The van der Waals surface area contributed by atoms with E-state index >= 15 is 0 Å². The lowest BCUT2D eigenvalue weighted by atomic mass is 9.96. The molecule has 1 heterocycles. The van der Waals surface area contributed by atoms with Crippen LogP contribution < -0.4 is 20.3 Å². The Morgan fingerprint density at radius 2 is 2.04 bits per heavy atom. The molecule has 1 aromatic carbocycles. The van der Waals surface area contributed by atoms with Crippen LogP contribution in [0.2, 0.25) is 0 Å². The lowest BCUT2D eigenvalue weighted by Crippen LogP contribution is -2.44. The van der Waals surface area contributed by atoms with Crippen molar-refractivity contribution < 1.29 is 14.3 Å². The highest BCUT2D eigenvalue weighted by Crippen LogP contribution is 2.36. The smallest absolute Gasteiger partial charge is 0.319 e. The van der Waals surface area contributed by atoms with Crippen molar-refractivity contribution in [3.63, 3.8) is 0 Å². The Kier molecular flexibility index (Phi) is 4.92. The van der Waals surface area contributed by atoms with Crippen LogP contribution in [0.3, 0.4) is 0 Å². The summed E-state index contributed by atoms with van der Waals surface area (Å²) in [5, 5.41) is 5.89. The lowest BCUT2D eigenvalue weighted by molar-refractivity contribution is -0.125. The molecule has 0 spiro atoms. The Hall–Kier alpha value is -2.24. The zero-order valence-corrected chi connectivity index (χ0v) is 14.3. The first kappa shape index (κ1) is 16.6. The van der Waals surface area contributed by atoms with Crippen molar-refractivity contribution >= 4 is 23.3 Å². The van der Waals surface area contributed by atoms with Gasteiger partial charge in [0.25, 0.3) is 5.91 Å². The molecule has 1 aliphatic heterocycles. The highest BCUT2D eigenvalue weighted by Gasteiger charge is 2.30. The summed E-state index contributed by atoms with van der Waals surface area (Å²) in [6, 6.07) is 5.46. The van der Waals surface area contributed by atoms with Crippen molar-refractivity contribution in [2.75, 3.05) is 16.8 Å². The maximum absolute atomic E-state index is 12.2. The first-order valence-electron chi connectivity index (χ1n) is 8.78. The number of amides is 3. The molecular formula is C18H25N3O3. The fraction of sp³-hybridized carbons (Fsp3) is 0.556. The molecule has 0 aromatic heterocycles. The minimum atomic E-state index is -0.481. The third kappa shape index (κ3) is 3.47. The second kappa shape index (κ2) is 7.11. The van der Waals surface area contributed by atoms with E-state index in [1.165, 1.54) is 19.3 Å². The van der Waals surface area contributed by atoms with Crippen molar-refractivity contribution in [2.24, 2.45) is 0 Å². The van der Waals surface area contributed by atoms with E-state index in [9.17, 15) is 9.59 Å². The van der Waals surface area contributed by atoms with E-state index in [-0.39, 0.29) is 18.0 Å². The third-order valence-corrected chi connectivity index (χ3v) is 4.68. The molecule has 0 saturated heterocycles. The maximum Gasteiger partial charge on any atom is 0.319 e. The van der Waals surface area contributed by atoms with Crippen molar-refractivity contribution in [3.8, 4) is 5.75 Å². The summed E-state index contributed by atoms with van der Waals surface area (Å²) in [5.74, 6) is 0.607. The van der Waals surface area contributed by atoms with Crippen LogP contribution in [-0.4, -0.2) is 30.6 Å². The van der Waals surface area contributed by atoms with E-state index in [0.717, 1.165) is 12.8 Å². The van der Waals surface area contributed by atoms with Gasteiger partial charge in [-0.05, 0) is 44.9 Å². The molecule has 1 aliphatic carbocycles. The molecular weight excluding hydrogens is 306 g/mol. The van der Waals surface area contributed by atoms with Gasteiger partial charge in [-0.3, -0.25) is 4.79 Å². The van der Waals surface area contributed by atoms with Crippen molar-refractivity contribution in [1.82, 2.24) is 5.32 Å². The van der Waals surface area contributed by atoms with Crippen molar-refractivity contribution in [1.29, 1.82) is 0 Å². The molecule has 6 heteroatoms. The molecule has 130 valence electrons. The first-order chi connectivity index (χ1) is 11.6. The number of hydrogen-bond acceptors (Lipinski definition) is 3. The van der Waals surface area contributed by atoms with Gasteiger partial charge >= 0.3 is 6.03 Å². The van der Waals surface area contributed by atoms with Crippen LogP contribution >= 0.6 is 0 Å². The third-order valence-electron chi connectivity index (χ3n) is 4.68. The second-order valence-electron chi connectivity index (χ2n) is 6.46. The molecule has 24 heavy (non-hydrogen) atoms. The van der Waals surface area contributed by atoms with Crippen molar-refractivity contribution in [3.05, 3.63) is 18.2 Å². The number of nitrogens with zero attached hydrogens (tertiary/aromatic N) is 1. The average molecular weight is 331 g/mol. The highest BCUT2D eigenvalue weighted by atomic mass is 16.5. The van der Waals surface area contributed by atoms with E-state index in [1.807, 2.05) is 6.92 Å². The number of carbonyl (C=O) groups is 2. The summed E-state index contributed by atoms with van der Waals surface area (Å²) < 4.78 is 5.64. The second-order valence-corrected chi connectivity index (χ2v) is 6.46. The number of likely N-dealkylation sites (N-methyl/N-ethyl adjacent to an activating group) is 1. The van der Waals surface area contributed by atoms with Crippen LogP contribution in [0.5, 0.6) is 5.75 Å². The fourth-order valence-corrected chi connectivity index (χ4v) is 3.41. The van der Waals surface area contributed by atoms with Crippen LogP contribution in [0.1, 0.15) is 46.0 Å². The SMILES string of the molecule is CCN1C(=O)C(C)Oc2ccc(NC(=O)NC3CCCCC3)cc21. The van der Waals surface area contributed by atoms with Gasteiger partial charge in [0.2, 0.25) is 0 Å². The number of fused-ring (bicyclic) bond motifs is 1. The summed E-state index contributed by atoms with van der Waals surface area (Å²) in [5.41, 5.74) is 1.36. The van der Waals surface area contributed by atoms with Crippen molar-refractivity contribution in [2.45, 2.75) is 58.1 Å². The molecule has 1 saturated carbocycles. The van der Waals surface area contributed by atoms with Gasteiger partial charge in [-0.2, -0.15) is 0 Å². The standard InChI is InChI=1S/C18H25N3O3/c1-3-21-15-11-14(9-10-16(15)24-12(2)17(21)22)20-18(23)19-13-7-5-4-6-8-13/h9-13H,3-8H2,1-2H3,(H2,19,20,23). The molecule has 0 radical (unpaired) electrons. The molecule has 1 atom stereocenters. The normalized spacial score (nSPS) is 21.0. The zero-order valence-electron chi connectivity index (χ0n) is 14.3. The molecule has 1 unspecified atom stereocenters. The largest absolute Gasteiger partial charge is 0.479 e. The molecule has 2 aliphatic rings. The van der Waals surface area contributed by atoms with Crippen LogP contribution in [-0.2, 0) is 4.79 Å². The number of ether oxygens (including phenoxy) is 1. The molecule has 0 bridgehead atoms. The quantitative estimate of drug-likeness (QED) is 0.893. The van der Waals surface area contributed by atoms with Gasteiger partial charge in [-0.25, -0.2) is 4.79 Å². The van der Waals surface area contributed by atoms with E-state index in [2.05, 4.69) is 10.6 Å². The van der Waals surface area contributed by atoms with Gasteiger partial charge in [0.1, 0.15) is 5.75 Å². The molecule has 1 fully saturated rings. The number of anilines is 2. The Balaban J connectivity index is 1.70. The number of rotatable bonds is 3. The summed E-state index contributed by atoms with van der Waals surface area (Å²) in [6.07, 6.45) is 5.21. The van der Waals surface area contributed by atoms with Gasteiger partial charge in [0.15, 0.2) is 6.10 Å². The van der Waals surface area contributed by atoms with E-state index < -0.39 is 6.10 Å². The molecule has 3 amide bonds. The van der Waals surface area contributed by atoms with Gasteiger partial charge in [0.05, 0.1) is 5.69 Å². The summed E-state index contributed by atoms with van der Waals surface area (Å²) in [4.78, 5) is 26.1. The van der Waals surface area contributed by atoms with Crippen LogP contribution in [0.25, 0.3) is 0 Å². The summed E-state index contributed by atoms with van der Waals surface area (Å²) >= 11 is 0. The Bertz CT molecular complexity index is 626. The minimum absolute atomic E-state index is 0.0613. The first-order valence-corrected chi connectivity index (χ1v) is 8.78. The monoisotopic (exact) mass is 331 g/mol. The highest BCUT2D eigenvalue weighted by molar-refractivity contribution is 6.01.